The Morgan fingerprint density at radius 2 is 1.86 bits per heavy atom. The predicted molar refractivity (Wildman–Crippen MR) is 56.8 cm³/mol. The minimum atomic E-state index is 0.202. The molecular formula is C12H17NO. The molecule has 2 rings (SSSR count). The molecule has 1 aromatic rings. The SMILES string of the molecule is CC(C)Oc1cc2c(cn1)C(C)C2C. The minimum absolute atomic E-state index is 0.202. The quantitative estimate of drug-likeness (QED) is 0.716. The lowest BCUT2D eigenvalue weighted by Gasteiger charge is -2.34. The molecule has 0 fully saturated rings. The maximum atomic E-state index is 5.56. The van der Waals surface area contributed by atoms with Gasteiger partial charge in [-0.05, 0) is 36.8 Å². The van der Waals surface area contributed by atoms with Crippen LogP contribution in [-0.4, -0.2) is 11.1 Å². The molecule has 1 aromatic heterocycles. The predicted octanol–water partition coefficient (Wildman–Crippen LogP) is 3.09. The highest BCUT2D eigenvalue weighted by molar-refractivity contribution is 5.44. The van der Waals surface area contributed by atoms with E-state index in [4.69, 9.17) is 4.74 Å². The van der Waals surface area contributed by atoms with Crippen LogP contribution in [0.4, 0.5) is 0 Å². The van der Waals surface area contributed by atoms with Gasteiger partial charge in [-0.1, -0.05) is 13.8 Å². The Morgan fingerprint density at radius 3 is 2.50 bits per heavy atom. The molecule has 0 spiro atoms. The first kappa shape index (κ1) is 9.50. The van der Waals surface area contributed by atoms with Crippen LogP contribution in [0.3, 0.4) is 0 Å². The van der Waals surface area contributed by atoms with Gasteiger partial charge in [0.2, 0.25) is 5.88 Å². The van der Waals surface area contributed by atoms with Crippen LogP contribution in [0.2, 0.25) is 0 Å². The summed E-state index contributed by atoms with van der Waals surface area (Å²) in [5.74, 6) is 2.07. The van der Waals surface area contributed by atoms with Crippen LogP contribution in [0.1, 0.15) is 50.7 Å². The summed E-state index contributed by atoms with van der Waals surface area (Å²) >= 11 is 0. The Hall–Kier alpha value is -1.05. The van der Waals surface area contributed by atoms with Crippen LogP contribution < -0.4 is 4.74 Å². The molecule has 2 atom stereocenters. The van der Waals surface area contributed by atoms with Gasteiger partial charge >= 0.3 is 0 Å². The van der Waals surface area contributed by atoms with Crippen LogP contribution in [0.15, 0.2) is 12.3 Å². The van der Waals surface area contributed by atoms with E-state index >= 15 is 0 Å². The Morgan fingerprint density at radius 1 is 1.21 bits per heavy atom. The lowest BCUT2D eigenvalue weighted by atomic mass is 9.71. The molecule has 2 heteroatoms. The maximum absolute atomic E-state index is 5.56. The summed E-state index contributed by atoms with van der Waals surface area (Å²) in [7, 11) is 0. The van der Waals surface area contributed by atoms with E-state index in [0.29, 0.717) is 11.8 Å². The van der Waals surface area contributed by atoms with E-state index in [0.717, 1.165) is 5.88 Å². The van der Waals surface area contributed by atoms with Crippen molar-refractivity contribution in [3.8, 4) is 5.88 Å². The molecule has 76 valence electrons. The van der Waals surface area contributed by atoms with E-state index in [1.54, 1.807) is 0 Å². The fourth-order valence-electron chi connectivity index (χ4n) is 1.98. The van der Waals surface area contributed by atoms with Crippen molar-refractivity contribution in [1.29, 1.82) is 0 Å². The van der Waals surface area contributed by atoms with Gasteiger partial charge in [0.25, 0.3) is 0 Å². The summed E-state index contributed by atoms with van der Waals surface area (Å²) < 4.78 is 5.56. The van der Waals surface area contributed by atoms with Crippen molar-refractivity contribution >= 4 is 0 Å². The van der Waals surface area contributed by atoms with Crippen molar-refractivity contribution in [1.82, 2.24) is 4.98 Å². The number of ether oxygens (including phenoxy) is 1. The van der Waals surface area contributed by atoms with Gasteiger partial charge in [0, 0.05) is 12.3 Å². The third-order valence-corrected chi connectivity index (χ3v) is 3.03. The zero-order valence-corrected chi connectivity index (χ0v) is 9.24. The van der Waals surface area contributed by atoms with Crippen molar-refractivity contribution in [3.05, 3.63) is 23.4 Å². The van der Waals surface area contributed by atoms with Crippen molar-refractivity contribution in [2.45, 2.75) is 45.6 Å². The Labute approximate surface area is 85.3 Å². The molecule has 0 bridgehead atoms. The van der Waals surface area contributed by atoms with E-state index < -0.39 is 0 Å². The fourth-order valence-corrected chi connectivity index (χ4v) is 1.98. The molecule has 0 amide bonds. The van der Waals surface area contributed by atoms with Crippen LogP contribution in [0.5, 0.6) is 5.88 Å². The maximum Gasteiger partial charge on any atom is 0.213 e. The first-order valence-electron chi connectivity index (χ1n) is 5.26. The van der Waals surface area contributed by atoms with E-state index in [1.807, 2.05) is 20.0 Å². The van der Waals surface area contributed by atoms with Gasteiger partial charge in [0.1, 0.15) is 0 Å². The van der Waals surface area contributed by atoms with Crippen molar-refractivity contribution in [2.75, 3.05) is 0 Å². The zero-order valence-electron chi connectivity index (χ0n) is 9.24. The average molecular weight is 191 g/mol. The number of fused-ring (bicyclic) bond motifs is 1. The molecule has 0 radical (unpaired) electrons. The molecular weight excluding hydrogens is 174 g/mol. The van der Waals surface area contributed by atoms with Gasteiger partial charge in [0.05, 0.1) is 6.10 Å². The normalized spacial score (nSPS) is 24.4. The van der Waals surface area contributed by atoms with Crippen LogP contribution in [0.25, 0.3) is 0 Å². The highest BCUT2D eigenvalue weighted by Crippen LogP contribution is 2.46. The molecule has 0 saturated heterocycles. The molecule has 14 heavy (non-hydrogen) atoms. The van der Waals surface area contributed by atoms with Crippen molar-refractivity contribution in [2.24, 2.45) is 0 Å². The number of pyridine rings is 1. The Bertz CT molecular complexity index is 346. The van der Waals surface area contributed by atoms with E-state index in [2.05, 4.69) is 24.9 Å². The zero-order chi connectivity index (χ0) is 10.3. The van der Waals surface area contributed by atoms with Crippen LogP contribution >= 0.6 is 0 Å². The molecule has 1 aliphatic rings. The molecule has 1 heterocycles. The minimum Gasteiger partial charge on any atom is -0.475 e. The number of nitrogens with zero attached hydrogens (tertiary/aromatic N) is 1. The van der Waals surface area contributed by atoms with Gasteiger partial charge in [-0.15, -0.1) is 0 Å². The summed E-state index contributed by atoms with van der Waals surface area (Å²) in [4.78, 5) is 4.29. The number of hydrogen-bond acceptors (Lipinski definition) is 2. The van der Waals surface area contributed by atoms with Gasteiger partial charge in [-0.25, -0.2) is 4.98 Å². The second-order valence-electron chi connectivity index (χ2n) is 4.40. The number of rotatable bonds is 2. The van der Waals surface area contributed by atoms with Crippen LogP contribution in [0, 0.1) is 0 Å². The average Bonchev–Trinajstić information content (AvgIpc) is 2.16. The highest BCUT2D eigenvalue weighted by Gasteiger charge is 2.31. The molecule has 1 aliphatic carbocycles. The third-order valence-electron chi connectivity index (χ3n) is 3.03. The molecule has 0 N–H and O–H groups in total. The molecule has 0 aliphatic heterocycles. The smallest absolute Gasteiger partial charge is 0.213 e. The summed E-state index contributed by atoms with van der Waals surface area (Å²) in [6, 6.07) is 2.08. The van der Waals surface area contributed by atoms with Gasteiger partial charge in [0.15, 0.2) is 0 Å². The Balaban J connectivity index is 2.24. The number of aromatic nitrogens is 1. The molecule has 0 aromatic carbocycles. The molecule has 0 saturated carbocycles. The lowest BCUT2D eigenvalue weighted by molar-refractivity contribution is 0.231. The standard InChI is InChI=1S/C12H17NO/c1-7(2)14-12-5-10-8(3)9(4)11(10)6-13-12/h5-9H,1-4H3. The highest BCUT2D eigenvalue weighted by atomic mass is 16.5. The first-order chi connectivity index (χ1) is 6.59. The van der Waals surface area contributed by atoms with Crippen molar-refractivity contribution in [3.63, 3.8) is 0 Å². The topological polar surface area (TPSA) is 22.1 Å². The van der Waals surface area contributed by atoms with Gasteiger partial charge < -0.3 is 4.74 Å². The van der Waals surface area contributed by atoms with E-state index in [1.165, 1.54) is 11.1 Å². The summed E-state index contributed by atoms with van der Waals surface area (Å²) in [6.45, 7) is 8.55. The van der Waals surface area contributed by atoms with Crippen molar-refractivity contribution < 1.29 is 4.74 Å². The number of hydrogen-bond donors (Lipinski definition) is 0. The van der Waals surface area contributed by atoms with E-state index in [9.17, 15) is 0 Å². The molecule has 2 unspecified atom stereocenters. The van der Waals surface area contributed by atoms with Gasteiger partial charge in [-0.3, -0.25) is 0 Å². The summed E-state index contributed by atoms with van der Waals surface area (Å²) in [5, 5.41) is 0. The monoisotopic (exact) mass is 191 g/mol. The molecule has 2 nitrogen and oxygen atoms in total. The largest absolute Gasteiger partial charge is 0.475 e. The van der Waals surface area contributed by atoms with Crippen LogP contribution in [-0.2, 0) is 0 Å². The second kappa shape index (κ2) is 3.26. The Kier molecular flexibility index (Phi) is 2.22. The summed E-state index contributed by atoms with van der Waals surface area (Å²) in [6.07, 6.45) is 2.16. The fraction of sp³-hybridized carbons (Fsp3) is 0.583. The van der Waals surface area contributed by atoms with E-state index in [-0.39, 0.29) is 6.10 Å². The summed E-state index contributed by atoms with van der Waals surface area (Å²) in [5.41, 5.74) is 2.79. The second-order valence-corrected chi connectivity index (χ2v) is 4.40. The van der Waals surface area contributed by atoms with Gasteiger partial charge in [-0.2, -0.15) is 0 Å². The first-order valence-corrected chi connectivity index (χ1v) is 5.26. The lowest BCUT2D eigenvalue weighted by Crippen LogP contribution is -2.20. The third kappa shape index (κ3) is 1.39.